The molecule has 0 unspecified atom stereocenters. The summed E-state index contributed by atoms with van der Waals surface area (Å²) in [7, 11) is 0. The van der Waals surface area contributed by atoms with Gasteiger partial charge in [0.15, 0.2) is 0 Å². The molecule has 14 heavy (non-hydrogen) atoms. The van der Waals surface area contributed by atoms with Gasteiger partial charge in [-0.05, 0) is 13.0 Å². The Labute approximate surface area is 93.9 Å². The number of hydrogen-bond donors (Lipinski definition) is 1. The molecule has 1 N–H and O–H groups in total. The molecule has 78 valence electrons. The Morgan fingerprint density at radius 2 is 2.57 bits per heavy atom. The molecular formula is C10H15ClN2S. The molecule has 0 saturated carbocycles. The lowest BCUT2D eigenvalue weighted by Crippen LogP contribution is -2.49. The van der Waals surface area contributed by atoms with Crippen LogP contribution in [0, 0.1) is 0 Å². The van der Waals surface area contributed by atoms with E-state index < -0.39 is 0 Å². The molecule has 0 spiro atoms. The first-order valence-corrected chi connectivity index (χ1v) is 6.19. The third-order valence-electron chi connectivity index (χ3n) is 2.62. The lowest BCUT2D eigenvalue weighted by atomic mass is 10.2. The smallest absolute Gasteiger partial charge is 0.0516 e. The van der Waals surface area contributed by atoms with Gasteiger partial charge < -0.3 is 5.32 Å². The Hall–Kier alpha value is -0.0900. The van der Waals surface area contributed by atoms with Crippen LogP contribution in [0.5, 0.6) is 0 Å². The van der Waals surface area contributed by atoms with Gasteiger partial charge in [0.05, 0.1) is 5.02 Å². The number of thiophene rings is 1. The lowest BCUT2D eigenvalue weighted by molar-refractivity contribution is 0.167. The minimum absolute atomic E-state index is 0.629. The van der Waals surface area contributed by atoms with E-state index >= 15 is 0 Å². The number of nitrogens with zero attached hydrogens (tertiary/aromatic N) is 1. The highest BCUT2D eigenvalue weighted by Crippen LogP contribution is 2.21. The molecule has 1 aromatic heterocycles. The highest BCUT2D eigenvalue weighted by molar-refractivity contribution is 7.10. The van der Waals surface area contributed by atoms with Crippen molar-refractivity contribution in [3.8, 4) is 0 Å². The van der Waals surface area contributed by atoms with Crippen molar-refractivity contribution >= 4 is 22.9 Å². The second-order valence-electron chi connectivity index (χ2n) is 3.75. The largest absolute Gasteiger partial charge is 0.314 e. The average molecular weight is 231 g/mol. The molecule has 1 aliphatic rings. The van der Waals surface area contributed by atoms with Crippen LogP contribution in [0.25, 0.3) is 0 Å². The maximum atomic E-state index is 5.89. The summed E-state index contributed by atoms with van der Waals surface area (Å²) in [6.45, 7) is 6.64. The Balaban J connectivity index is 1.95. The van der Waals surface area contributed by atoms with E-state index in [0.29, 0.717) is 6.04 Å². The van der Waals surface area contributed by atoms with Crippen LogP contribution in [0.15, 0.2) is 11.4 Å². The SMILES string of the molecule is C[C@H]1CNCCN1Cc1cc(Cl)cs1. The maximum absolute atomic E-state index is 5.89. The number of nitrogens with one attached hydrogen (secondary N) is 1. The number of hydrogen-bond acceptors (Lipinski definition) is 3. The van der Waals surface area contributed by atoms with Crippen molar-refractivity contribution < 1.29 is 0 Å². The highest BCUT2D eigenvalue weighted by atomic mass is 35.5. The van der Waals surface area contributed by atoms with Crippen molar-refractivity contribution in [1.29, 1.82) is 0 Å². The predicted molar refractivity (Wildman–Crippen MR) is 62.1 cm³/mol. The van der Waals surface area contributed by atoms with Crippen LogP contribution in [0.3, 0.4) is 0 Å². The van der Waals surface area contributed by atoms with Gasteiger partial charge >= 0.3 is 0 Å². The molecule has 4 heteroatoms. The molecule has 0 bridgehead atoms. The van der Waals surface area contributed by atoms with Gasteiger partial charge in [0.2, 0.25) is 0 Å². The Bertz CT molecular complexity index is 300. The summed E-state index contributed by atoms with van der Waals surface area (Å²) >= 11 is 7.65. The van der Waals surface area contributed by atoms with Crippen molar-refractivity contribution in [1.82, 2.24) is 10.2 Å². The summed E-state index contributed by atoms with van der Waals surface area (Å²) in [5.41, 5.74) is 0. The zero-order valence-electron chi connectivity index (χ0n) is 8.29. The van der Waals surface area contributed by atoms with Crippen molar-refractivity contribution in [2.24, 2.45) is 0 Å². The lowest BCUT2D eigenvalue weighted by Gasteiger charge is -2.33. The van der Waals surface area contributed by atoms with E-state index in [2.05, 4.69) is 23.2 Å². The van der Waals surface area contributed by atoms with E-state index in [9.17, 15) is 0 Å². The van der Waals surface area contributed by atoms with Crippen LogP contribution >= 0.6 is 22.9 Å². The van der Waals surface area contributed by atoms with Gasteiger partial charge in [0.1, 0.15) is 0 Å². The summed E-state index contributed by atoms with van der Waals surface area (Å²) in [5.74, 6) is 0. The molecular weight excluding hydrogens is 216 g/mol. The Kier molecular flexibility index (Phi) is 3.44. The van der Waals surface area contributed by atoms with Gasteiger partial charge in [-0.25, -0.2) is 0 Å². The monoisotopic (exact) mass is 230 g/mol. The van der Waals surface area contributed by atoms with Crippen LogP contribution in [0.4, 0.5) is 0 Å². The van der Waals surface area contributed by atoms with Crippen molar-refractivity contribution in [2.75, 3.05) is 19.6 Å². The molecule has 2 rings (SSSR count). The van der Waals surface area contributed by atoms with E-state index in [0.717, 1.165) is 31.2 Å². The van der Waals surface area contributed by atoms with E-state index in [1.54, 1.807) is 11.3 Å². The van der Waals surface area contributed by atoms with Gasteiger partial charge in [0.25, 0.3) is 0 Å². The average Bonchev–Trinajstić information content (AvgIpc) is 2.56. The number of halogens is 1. The second-order valence-corrected chi connectivity index (χ2v) is 5.19. The van der Waals surface area contributed by atoms with Crippen molar-refractivity contribution in [3.63, 3.8) is 0 Å². The molecule has 0 amide bonds. The molecule has 1 saturated heterocycles. The first-order chi connectivity index (χ1) is 6.75. The molecule has 1 fully saturated rings. The van der Waals surface area contributed by atoms with Gasteiger partial charge in [-0.15, -0.1) is 11.3 Å². The van der Waals surface area contributed by atoms with E-state index in [1.165, 1.54) is 4.88 Å². The van der Waals surface area contributed by atoms with Crippen LogP contribution in [-0.4, -0.2) is 30.6 Å². The summed E-state index contributed by atoms with van der Waals surface area (Å²) in [5, 5.41) is 6.26. The molecule has 2 heterocycles. The van der Waals surface area contributed by atoms with Gasteiger partial charge in [-0.1, -0.05) is 11.6 Å². The first-order valence-electron chi connectivity index (χ1n) is 4.93. The molecule has 1 aromatic rings. The highest BCUT2D eigenvalue weighted by Gasteiger charge is 2.18. The fraction of sp³-hybridized carbons (Fsp3) is 0.600. The van der Waals surface area contributed by atoms with Gasteiger partial charge in [-0.3, -0.25) is 4.90 Å². The number of piperazine rings is 1. The summed E-state index contributed by atoms with van der Waals surface area (Å²) < 4.78 is 0. The quantitative estimate of drug-likeness (QED) is 0.838. The maximum Gasteiger partial charge on any atom is 0.0516 e. The van der Waals surface area contributed by atoms with Gasteiger partial charge in [-0.2, -0.15) is 0 Å². The summed E-state index contributed by atoms with van der Waals surface area (Å²) in [4.78, 5) is 3.86. The van der Waals surface area contributed by atoms with Crippen LogP contribution in [-0.2, 0) is 6.54 Å². The third kappa shape index (κ3) is 2.48. The van der Waals surface area contributed by atoms with Crippen LogP contribution in [0.2, 0.25) is 5.02 Å². The summed E-state index contributed by atoms with van der Waals surface area (Å²) in [6, 6.07) is 2.70. The van der Waals surface area contributed by atoms with Crippen molar-refractivity contribution in [3.05, 3.63) is 21.3 Å². The predicted octanol–water partition coefficient (Wildman–Crippen LogP) is 2.20. The summed E-state index contributed by atoms with van der Waals surface area (Å²) in [6.07, 6.45) is 0. The zero-order chi connectivity index (χ0) is 9.97. The molecule has 1 aliphatic heterocycles. The molecule has 0 aromatic carbocycles. The number of rotatable bonds is 2. The topological polar surface area (TPSA) is 15.3 Å². The first kappa shape index (κ1) is 10.4. The van der Waals surface area contributed by atoms with E-state index in [1.807, 2.05) is 5.38 Å². The second kappa shape index (κ2) is 4.62. The molecule has 0 aliphatic carbocycles. The van der Waals surface area contributed by atoms with Crippen LogP contribution < -0.4 is 5.32 Å². The third-order valence-corrected chi connectivity index (χ3v) is 3.89. The standard InChI is InChI=1S/C10H15ClN2S/c1-8-5-12-2-3-13(8)6-10-4-9(11)7-14-10/h4,7-8,12H,2-3,5-6H2,1H3/t8-/m0/s1. The molecule has 0 radical (unpaired) electrons. The fourth-order valence-corrected chi connectivity index (χ4v) is 2.85. The normalized spacial score (nSPS) is 24.0. The van der Waals surface area contributed by atoms with Gasteiger partial charge in [0, 0.05) is 42.5 Å². The molecule has 2 nitrogen and oxygen atoms in total. The zero-order valence-corrected chi connectivity index (χ0v) is 9.87. The Morgan fingerprint density at radius 1 is 1.71 bits per heavy atom. The van der Waals surface area contributed by atoms with Crippen LogP contribution in [0.1, 0.15) is 11.8 Å². The van der Waals surface area contributed by atoms with E-state index in [4.69, 9.17) is 11.6 Å². The fourth-order valence-electron chi connectivity index (χ4n) is 1.75. The van der Waals surface area contributed by atoms with E-state index in [-0.39, 0.29) is 0 Å². The van der Waals surface area contributed by atoms with Crippen molar-refractivity contribution in [2.45, 2.75) is 19.5 Å². The Morgan fingerprint density at radius 3 is 3.21 bits per heavy atom. The minimum atomic E-state index is 0.629. The molecule has 1 atom stereocenters. The minimum Gasteiger partial charge on any atom is -0.314 e.